The third-order valence-corrected chi connectivity index (χ3v) is 2.27. The van der Waals surface area contributed by atoms with Crippen molar-refractivity contribution in [2.45, 2.75) is 52.1 Å². The van der Waals surface area contributed by atoms with Crippen LogP contribution in [0.1, 0.15) is 27.7 Å². The summed E-state index contributed by atoms with van der Waals surface area (Å²) < 4.78 is 74.3. The topological polar surface area (TPSA) is 20.3 Å². The Kier molecular flexibility index (Phi) is 5.07. The predicted octanol–water partition coefficient (Wildman–Crippen LogP) is 3.37. The van der Waals surface area contributed by atoms with E-state index in [0.29, 0.717) is 4.90 Å². The number of amides is 1. The molecule has 0 atom stereocenters. The normalized spacial score (nSPS) is 13.6. The van der Waals surface area contributed by atoms with E-state index >= 15 is 0 Å². The largest absolute Gasteiger partial charge is 0.409 e. The van der Waals surface area contributed by atoms with Gasteiger partial charge < -0.3 is 4.90 Å². The lowest BCUT2D eigenvalue weighted by Gasteiger charge is -2.35. The molecule has 0 aliphatic carbocycles. The average Bonchev–Trinajstić information content (AvgIpc) is 1.93. The van der Waals surface area contributed by atoms with Crippen LogP contribution in [0, 0.1) is 5.92 Å². The van der Waals surface area contributed by atoms with Crippen LogP contribution in [0.5, 0.6) is 0 Å². The number of rotatable bonds is 3. The standard InChI is InChI=1S/C10H15F6NO/c1-5(2)17(6(3)4)8(18)7(9(11,12)13)10(14,15)16/h5-7H,1-4H3. The van der Waals surface area contributed by atoms with Crippen LogP contribution < -0.4 is 0 Å². The predicted molar refractivity (Wildman–Crippen MR) is 52.7 cm³/mol. The van der Waals surface area contributed by atoms with Crippen LogP contribution in [0.15, 0.2) is 0 Å². The van der Waals surface area contributed by atoms with E-state index in [0.717, 1.165) is 0 Å². The van der Waals surface area contributed by atoms with Gasteiger partial charge in [0.05, 0.1) is 0 Å². The molecule has 8 heteroatoms. The first kappa shape index (κ1) is 17.1. The molecule has 0 N–H and O–H groups in total. The Morgan fingerprint density at radius 2 is 1.11 bits per heavy atom. The molecule has 1 amide bonds. The van der Waals surface area contributed by atoms with Gasteiger partial charge in [0.25, 0.3) is 0 Å². The highest BCUT2D eigenvalue weighted by Crippen LogP contribution is 2.40. The Labute approximate surface area is 101 Å². The van der Waals surface area contributed by atoms with Crippen LogP contribution in [0.2, 0.25) is 0 Å². The van der Waals surface area contributed by atoms with Crippen LogP contribution >= 0.6 is 0 Å². The first-order chi connectivity index (χ1) is 7.80. The van der Waals surface area contributed by atoms with Gasteiger partial charge in [-0.25, -0.2) is 0 Å². The van der Waals surface area contributed by atoms with Crippen molar-refractivity contribution in [2.75, 3.05) is 0 Å². The number of hydrogen-bond donors (Lipinski definition) is 0. The summed E-state index contributed by atoms with van der Waals surface area (Å²) in [4.78, 5) is 12.1. The third kappa shape index (κ3) is 4.06. The van der Waals surface area contributed by atoms with E-state index in [1.165, 1.54) is 27.7 Å². The van der Waals surface area contributed by atoms with Gasteiger partial charge >= 0.3 is 12.4 Å². The van der Waals surface area contributed by atoms with Gasteiger partial charge in [0, 0.05) is 12.1 Å². The summed E-state index contributed by atoms with van der Waals surface area (Å²) in [5.41, 5.74) is 0. The zero-order valence-electron chi connectivity index (χ0n) is 10.4. The van der Waals surface area contributed by atoms with Crippen molar-refractivity contribution in [3.8, 4) is 0 Å². The Balaban J connectivity index is 5.46. The summed E-state index contributed by atoms with van der Waals surface area (Å²) in [6.45, 7) is 5.45. The molecule has 2 nitrogen and oxygen atoms in total. The van der Waals surface area contributed by atoms with Gasteiger partial charge in [0.2, 0.25) is 11.8 Å². The molecule has 0 saturated heterocycles. The van der Waals surface area contributed by atoms with Gasteiger partial charge in [0.15, 0.2) is 0 Å². The molecule has 0 fully saturated rings. The van der Waals surface area contributed by atoms with Crippen molar-refractivity contribution in [2.24, 2.45) is 5.92 Å². The summed E-state index contributed by atoms with van der Waals surface area (Å²) in [5.74, 6) is -5.92. The molecule has 0 aromatic carbocycles. The Bertz CT molecular complexity index is 272. The fourth-order valence-corrected chi connectivity index (χ4v) is 1.72. The van der Waals surface area contributed by atoms with Crippen LogP contribution in [0.4, 0.5) is 26.3 Å². The highest BCUT2D eigenvalue weighted by molar-refractivity contribution is 5.81. The minimum absolute atomic E-state index is 0.589. The zero-order valence-corrected chi connectivity index (χ0v) is 10.4. The fourth-order valence-electron chi connectivity index (χ4n) is 1.72. The smallest absolute Gasteiger partial charge is 0.337 e. The molecule has 0 aliphatic rings. The number of halogens is 6. The lowest BCUT2D eigenvalue weighted by molar-refractivity contribution is -0.278. The number of alkyl halides is 6. The van der Waals surface area contributed by atoms with Gasteiger partial charge in [-0.1, -0.05) is 0 Å². The molecule has 0 radical (unpaired) electrons. The van der Waals surface area contributed by atoms with Crippen molar-refractivity contribution in [1.82, 2.24) is 4.90 Å². The summed E-state index contributed by atoms with van der Waals surface area (Å²) in [7, 11) is 0. The fraction of sp³-hybridized carbons (Fsp3) is 0.900. The minimum atomic E-state index is -5.64. The average molecular weight is 279 g/mol. The van der Waals surface area contributed by atoms with Gasteiger partial charge in [-0.15, -0.1) is 0 Å². The Hall–Kier alpha value is -0.950. The van der Waals surface area contributed by atoms with Crippen LogP contribution in [-0.2, 0) is 4.79 Å². The number of hydrogen-bond acceptors (Lipinski definition) is 1. The highest BCUT2D eigenvalue weighted by Gasteiger charge is 2.62. The number of carbonyl (C=O) groups is 1. The molecular weight excluding hydrogens is 264 g/mol. The first-order valence-corrected chi connectivity index (χ1v) is 5.25. The van der Waals surface area contributed by atoms with E-state index < -0.39 is 36.3 Å². The second-order valence-electron chi connectivity index (χ2n) is 4.45. The molecule has 0 aliphatic heterocycles. The van der Waals surface area contributed by atoms with Crippen molar-refractivity contribution in [3.05, 3.63) is 0 Å². The van der Waals surface area contributed by atoms with Crippen molar-refractivity contribution in [3.63, 3.8) is 0 Å². The monoisotopic (exact) mass is 279 g/mol. The second kappa shape index (κ2) is 5.36. The van der Waals surface area contributed by atoms with E-state index in [2.05, 4.69) is 0 Å². The number of carbonyl (C=O) groups excluding carboxylic acids is 1. The summed E-state index contributed by atoms with van der Waals surface area (Å²) in [6.07, 6.45) is -11.3. The molecule has 0 heterocycles. The SMILES string of the molecule is CC(C)N(C(=O)C(C(F)(F)F)C(F)(F)F)C(C)C. The molecule has 0 aromatic rings. The van der Waals surface area contributed by atoms with E-state index in [4.69, 9.17) is 0 Å². The third-order valence-electron chi connectivity index (χ3n) is 2.27. The van der Waals surface area contributed by atoms with Gasteiger partial charge in [-0.05, 0) is 27.7 Å². The lowest BCUT2D eigenvalue weighted by atomic mass is 10.0. The Morgan fingerprint density at radius 3 is 1.28 bits per heavy atom. The molecule has 18 heavy (non-hydrogen) atoms. The lowest BCUT2D eigenvalue weighted by Crippen LogP contribution is -2.53. The summed E-state index contributed by atoms with van der Waals surface area (Å²) in [6, 6.07) is -1.49. The van der Waals surface area contributed by atoms with E-state index in [9.17, 15) is 31.1 Å². The van der Waals surface area contributed by atoms with Crippen LogP contribution in [0.3, 0.4) is 0 Å². The molecule has 0 bridgehead atoms. The maximum atomic E-state index is 12.4. The zero-order chi connectivity index (χ0) is 14.9. The van der Waals surface area contributed by atoms with E-state index in [-0.39, 0.29) is 0 Å². The quantitative estimate of drug-likeness (QED) is 0.725. The Morgan fingerprint density at radius 1 is 0.833 bits per heavy atom. The minimum Gasteiger partial charge on any atom is -0.337 e. The molecule has 0 aromatic heterocycles. The van der Waals surface area contributed by atoms with E-state index in [1.807, 2.05) is 0 Å². The highest BCUT2D eigenvalue weighted by atomic mass is 19.4. The van der Waals surface area contributed by atoms with Gasteiger partial charge in [-0.3, -0.25) is 4.79 Å². The van der Waals surface area contributed by atoms with Crippen LogP contribution in [0.25, 0.3) is 0 Å². The molecule has 0 saturated carbocycles. The van der Waals surface area contributed by atoms with Crippen molar-refractivity contribution in [1.29, 1.82) is 0 Å². The van der Waals surface area contributed by atoms with Crippen molar-refractivity contribution < 1.29 is 31.1 Å². The van der Waals surface area contributed by atoms with Crippen LogP contribution in [-0.4, -0.2) is 35.2 Å². The van der Waals surface area contributed by atoms with Crippen molar-refractivity contribution >= 4 is 5.91 Å². The molecular formula is C10H15F6NO. The summed E-state index contributed by atoms with van der Waals surface area (Å²) >= 11 is 0. The molecule has 108 valence electrons. The maximum Gasteiger partial charge on any atom is 0.409 e. The number of nitrogens with zero attached hydrogens (tertiary/aromatic N) is 1. The first-order valence-electron chi connectivity index (χ1n) is 5.25. The van der Waals surface area contributed by atoms with E-state index in [1.54, 1.807) is 0 Å². The molecule has 0 unspecified atom stereocenters. The molecule has 0 rings (SSSR count). The molecule has 0 spiro atoms. The maximum absolute atomic E-state index is 12.4. The van der Waals surface area contributed by atoms with Gasteiger partial charge in [-0.2, -0.15) is 26.3 Å². The summed E-state index contributed by atoms with van der Waals surface area (Å²) in [5, 5.41) is 0. The van der Waals surface area contributed by atoms with Gasteiger partial charge in [0.1, 0.15) is 0 Å². The second-order valence-corrected chi connectivity index (χ2v) is 4.45.